The molecule has 1 aliphatic carbocycles. The van der Waals surface area contributed by atoms with E-state index in [0.29, 0.717) is 49.1 Å². The summed E-state index contributed by atoms with van der Waals surface area (Å²) < 4.78 is 0. The molecule has 7 heteroatoms. The van der Waals surface area contributed by atoms with Crippen LogP contribution in [0.5, 0.6) is 0 Å². The number of aromatic amines is 1. The molecule has 1 aromatic carbocycles. The van der Waals surface area contributed by atoms with Crippen LogP contribution in [0, 0.1) is 11.3 Å². The Balaban J connectivity index is 1.28. The van der Waals surface area contributed by atoms with E-state index in [9.17, 15) is 14.4 Å². The summed E-state index contributed by atoms with van der Waals surface area (Å²) in [4.78, 5) is 44.7. The Labute approximate surface area is 156 Å². The number of carboxylic acid groups (broad SMARTS) is 1. The maximum atomic E-state index is 12.4. The number of H-pyrrole nitrogens is 1. The van der Waals surface area contributed by atoms with Gasteiger partial charge in [-0.3, -0.25) is 14.4 Å². The maximum absolute atomic E-state index is 12.4. The van der Waals surface area contributed by atoms with Crippen molar-refractivity contribution in [3.8, 4) is 0 Å². The summed E-state index contributed by atoms with van der Waals surface area (Å²) in [6.45, 7) is 1.29. The number of aromatic nitrogens is 2. The Bertz CT molecular complexity index is 944. The lowest BCUT2D eigenvalue weighted by atomic mass is 9.90. The topological polar surface area (TPSA) is 103 Å². The van der Waals surface area contributed by atoms with E-state index >= 15 is 0 Å². The highest BCUT2D eigenvalue weighted by molar-refractivity contribution is 5.78. The van der Waals surface area contributed by atoms with Crippen molar-refractivity contribution >= 4 is 22.8 Å². The first-order chi connectivity index (χ1) is 13.0. The Hall–Kier alpha value is -2.70. The average molecular weight is 369 g/mol. The van der Waals surface area contributed by atoms with Gasteiger partial charge in [-0.05, 0) is 43.2 Å². The number of nitrogens with one attached hydrogen (secondary N) is 1. The zero-order valence-electron chi connectivity index (χ0n) is 15.1. The van der Waals surface area contributed by atoms with Crippen LogP contribution in [0.25, 0.3) is 10.9 Å². The van der Waals surface area contributed by atoms with E-state index in [1.165, 1.54) is 0 Å². The molecule has 1 saturated carbocycles. The number of hydrogen-bond acceptors (Lipinski definition) is 4. The number of benzene rings is 1. The van der Waals surface area contributed by atoms with Crippen LogP contribution in [0.1, 0.15) is 37.9 Å². The molecule has 142 valence electrons. The summed E-state index contributed by atoms with van der Waals surface area (Å²) in [5, 5.41) is 9.71. The largest absolute Gasteiger partial charge is 0.481 e. The minimum atomic E-state index is -0.702. The smallest absolute Gasteiger partial charge is 0.307 e. The van der Waals surface area contributed by atoms with Crippen LogP contribution >= 0.6 is 0 Å². The van der Waals surface area contributed by atoms with Crippen LogP contribution in [0.3, 0.4) is 0 Å². The van der Waals surface area contributed by atoms with Crippen LogP contribution in [0.2, 0.25) is 0 Å². The number of carbonyl (C=O) groups is 2. The van der Waals surface area contributed by atoms with Gasteiger partial charge in [-0.1, -0.05) is 12.1 Å². The van der Waals surface area contributed by atoms with E-state index in [1.807, 2.05) is 17.0 Å². The zero-order chi connectivity index (χ0) is 19.0. The van der Waals surface area contributed by atoms with E-state index in [0.717, 1.165) is 19.3 Å². The lowest BCUT2D eigenvalue weighted by Crippen LogP contribution is -2.39. The predicted octanol–water partition coefficient (Wildman–Crippen LogP) is 1.96. The molecule has 1 amide bonds. The Kier molecular flexibility index (Phi) is 4.45. The molecule has 1 spiro atoms. The molecular formula is C20H23N3O4. The third kappa shape index (κ3) is 3.46. The number of fused-ring (bicyclic) bond motifs is 1. The van der Waals surface area contributed by atoms with Crippen LogP contribution in [0.4, 0.5) is 0 Å². The standard InChI is InChI=1S/C20H23N3O4/c24-17(23-10-8-20(9-11-23)12-14(20)19(26)27)7-3-6-16-21-15-5-2-1-4-13(15)18(25)22-16/h1-2,4-5,14H,3,6-12H2,(H,26,27)(H,21,22,25). The van der Waals surface area contributed by atoms with E-state index in [1.54, 1.807) is 12.1 Å². The van der Waals surface area contributed by atoms with E-state index in [4.69, 9.17) is 5.11 Å². The average Bonchev–Trinajstić information content (AvgIpc) is 3.36. The third-order valence-electron chi connectivity index (χ3n) is 6.07. The van der Waals surface area contributed by atoms with Crippen molar-refractivity contribution in [2.75, 3.05) is 13.1 Å². The number of rotatable bonds is 5. The van der Waals surface area contributed by atoms with Gasteiger partial charge in [-0.2, -0.15) is 0 Å². The number of para-hydroxylation sites is 1. The molecule has 0 bridgehead atoms. The van der Waals surface area contributed by atoms with Crippen molar-refractivity contribution in [2.24, 2.45) is 11.3 Å². The highest BCUT2D eigenvalue weighted by Gasteiger charge is 2.59. The molecule has 0 radical (unpaired) electrons. The monoisotopic (exact) mass is 369 g/mol. The van der Waals surface area contributed by atoms with Crippen molar-refractivity contribution in [1.82, 2.24) is 14.9 Å². The summed E-state index contributed by atoms with van der Waals surface area (Å²) in [6.07, 6.45) is 3.91. The summed E-state index contributed by atoms with van der Waals surface area (Å²) in [7, 11) is 0. The van der Waals surface area contributed by atoms with E-state index in [-0.39, 0.29) is 22.8 Å². The second kappa shape index (κ2) is 6.79. The molecule has 2 aliphatic rings. The Morgan fingerprint density at radius 1 is 1.26 bits per heavy atom. The molecule has 2 fully saturated rings. The van der Waals surface area contributed by atoms with Gasteiger partial charge in [0.25, 0.3) is 5.56 Å². The Morgan fingerprint density at radius 2 is 2.00 bits per heavy atom. The van der Waals surface area contributed by atoms with Gasteiger partial charge in [0.05, 0.1) is 16.8 Å². The number of likely N-dealkylation sites (tertiary alicyclic amines) is 1. The van der Waals surface area contributed by atoms with Gasteiger partial charge in [0.2, 0.25) is 5.91 Å². The predicted molar refractivity (Wildman–Crippen MR) is 99.3 cm³/mol. The number of aryl methyl sites for hydroxylation is 1. The molecule has 1 saturated heterocycles. The number of carbonyl (C=O) groups excluding carboxylic acids is 1. The van der Waals surface area contributed by atoms with Crippen LogP contribution in [-0.4, -0.2) is 44.9 Å². The molecule has 27 heavy (non-hydrogen) atoms. The molecule has 1 aromatic heterocycles. The van der Waals surface area contributed by atoms with Crippen LogP contribution < -0.4 is 5.56 Å². The SMILES string of the molecule is O=C(O)C1CC12CCN(C(=O)CCCc1nc3ccccc3c(=O)[nH]1)CC2. The van der Waals surface area contributed by atoms with Gasteiger partial charge in [0, 0.05) is 25.9 Å². The van der Waals surface area contributed by atoms with Crippen molar-refractivity contribution in [2.45, 2.75) is 38.5 Å². The van der Waals surface area contributed by atoms with Gasteiger partial charge >= 0.3 is 5.97 Å². The van der Waals surface area contributed by atoms with Gasteiger partial charge in [0.15, 0.2) is 0 Å². The normalized spacial score (nSPS) is 20.7. The van der Waals surface area contributed by atoms with Crippen LogP contribution in [0.15, 0.2) is 29.1 Å². The second-order valence-corrected chi connectivity index (χ2v) is 7.72. The summed E-state index contributed by atoms with van der Waals surface area (Å²) >= 11 is 0. The number of carboxylic acids is 1. The number of aliphatic carboxylic acids is 1. The first kappa shape index (κ1) is 17.7. The molecule has 2 N–H and O–H groups in total. The van der Waals surface area contributed by atoms with Gasteiger partial charge in [-0.25, -0.2) is 4.98 Å². The van der Waals surface area contributed by atoms with Crippen molar-refractivity contribution in [3.05, 3.63) is 40.4 Å². The van der Waals surface area contributed by atoms with Crippen molar-refractivity contribution in [1.29, 1.82) is 0 Å². The summed E-state index contributed by atoms with van der Waals surface area (Å²) in [5.41, 5.74) is 0.457. The zero-order valence-corrected chi connectivity index (χ0v) is 15.1. The van der Waals surface area contributed by atoms with Crippen LogP contribution in [-0.2, 0) is 16.0 Å². The highest BCUT2D eigenvalue weighted by Crippen LogP contribution is 2.59. The fourth-order valence-electron chi connectivity index (χ4n) is 4.27. The number of piperidine rings is 1. The third-order valence-corrected chi connectivity index (χ3v) is 6.07. The maximum Gasteiger partial charge on any atom is 0.307 e. The number of nitrogens with zero attached hydrogens (tertiary/aromatic N) is 2. The summed E-state index contributed by atoms with van der Waals surface area (Å²) in [6, 6.07) is 7.21. The highest BCUT2D eigenvalue weighted by atomic mass is 16.4. The lowest BCUT2D eigenvalue weighted by Gasteiger charge is -2.32. The molecular weight excluding hydrogens is 346 g/mol. The Morgan fingerprint density at radius 3 is 2.70 bits per heavy atom. The molecule has 1 unspecified atom stereocenters. The van der Waals surface area contributed by atoms with Gasteiger partial charge < -0.3 is 15.0 Å². The van der Waals surface area contributed by atoms with Gasteiger partial charge in [-0.15, -0.1) is 0 Å². The lowest BCUT2D eigenvalue weighted by molar-refractivity contribution is -0.139. The minimum absolute atomic E-state index is 0.0584. The van der Waals surface area contributed by atoms with Gasteiger partial charge in [0.1, 0.15) is 5.82 Å². The number of amides is 1. The second-order valence-electron chi connectivity index (χ2n) is 7.72. The number of hydrogen-bond donors (Lipinski definition) is 2. The molecule has 4 rings (SSSR count). The summed E-state index contributed by atoms with van der Waals surface area (Å²) in [5.74, 6) is -0.218. The molecule has 2 heterocycles. The minimum Gasteiger partial charge on any atom is -0.481 e. The molecule has 7 nitrogen and oxygen atoms in total. The quantitative estimate of drug-likeness (QED) is 0.838. The van der Waals surface area contributed by atoms with E-state index < -0.39 is 5.97 Å². The molecule has 1 atom stereocenters. The first-order valence-corrected chi connectivity index (χ1v) is 9.47. The fraction of sp³-hybridized carbons (Fsp3) is 0.500. The van der Waals surface area contributed by atoms with E-state index in [2.05, 4.69) is 9.97 Å². The van der Waals surface area contributed by atoms with Crippen molar-refractivity contribution in [3.63, 3.8) is 0 Å². The van der Waals surface area contributed by atoms with Crippen molar-refractivity contribution < 1.29 is 14.7 Å². The molecule has 2 aromatic rings. The first-order valence-electron chi connectivity index (χ1n) is 9.47. The molecule has 1 aliphatic heterocycles. The fourth-order valence-corrected chi connectivity index (χ4v) is 4.27.